The third-order valence-electron chi connectivity index (χ3n) is 3.84. The first-order valence-electron chi connectivity index (χ1n) is 8.45. The second-order valence-corrected chi connectivity index (χ2v) is 6.64. The van der Waals surface area contributed by atoms with E-state index >= 15 is 0 Å². The van der Waals surface area contributed by atoms with Crippen molar-refractivity contribution in [3.63, 3.8) is 0 Å². The van der Waals surface area contributed by atoms with Gasteiger partial charge in [-0.3, -0.25) is 5.10 Å². The SMILES string of the molecule is CCc1n[nH]c(=S)n1/N=C\c1ccc(OCC(C)C)c2ccccc12. The van der Waals surface area contributed by atoms with Gasteiger partial charge in [0.1, 0.15) is 5.75 Å². The molecule has 25 heavy (non-hydrogen) atoms. The van der Waals surface area contributed by atoms with E-state index in [4.69, 9.17) is 17.0 Å². The number of hydrogen-bond donors (Lipinski definition) is 1. The van der Waals surface area contributed by atoms with Crippen LogP contribution in [0.3, 0.4) is 0 Å². The van der Waals surface area contributed by atoms with Gasteiger partial charge in [0, 0.05) is 17.4 Å². The Morgan fingerprint density at radius 2 is 2.00 bits per heavy atom. The molecule has 1 heterocycles. The normalized spacial score (nSPS) is 11.7. The predicted molar refractivity (Wildman–Crippen MR) is 104 cm³/mol. The molecular weight excluding hydrogens is 332 g/mol. The standard InChI is InChI=1S/C19H22N4OS/c1-4-18-21-22-19(25)23(18)20-11-14-9-10-17(24-12-13(2)3)16-8-6-5-7-15(14)16/h5-11,13H,4,12H2,1-3H3,(H,22,25)/b20-11-. The van der Waals surface area contributed by atoms with Crippen molar-refractivity contribution < 1.29 is 4.74 Å². The summed E-state index contributed by atoms with van der Waals surface area (Å²) in [6.45, 7) is 7.00. The maximum Gasteiger partial charge on any atom is 0.216 e. The lowest BCUT2D eigenvalue weighted by molar-refractivity contribution is 0.274. The number of aromatic nitrogens is 3. The fraction of sp³-hybridized carbons (Fsp3) is 0.316. The zero-order valence-corrected chi connectivity index (χ0v) is 15.5. The van der Waals surface area contributed by atoms with Crippen molar-refractivity contribution in [1.29, 1.82) is 0 Å². The number of nitrogens with one attached hydrogen (secondary N) is 1. The Labute approximate surface area is 152 Å². The smallest absolute Gasteiger partial charge is 0.216 e. The van der Waals surface area contributed by atoms with E-state index in [2.05, 4.69) is 41.3 Å². The average molecular weight is 354 g/mol. The molecule has 0 aliphatic rings. The molecule has 0 aliphatic carbocycles. The minimum absolute atomic E-state index is 0.482. The van der Waals surface area contributed by atoms with Crippen molar-refractivity contribution >= 4 is 29.2 Å². The Kier molecular flexibility index (Phi) is 5.28. The average Bonchev–Trinajstić information content (AvgIpc) is 2.98. The van der Waals surface area contributed by atoms with Gasteiger partial charge >= 0.3 is 0 Å². The molecule has 0 bridgehead atoms. The monoisotopic (exact) mass is 354 g/mol. The van der Waals surface area contributed by atoms with Gasteiger partial charge in [0.2, 0.25) is 4.77 Å². The number of hydrogen-bond acceptors (Lipinski definition) is 4. The summed E-state index contributed by atoms with van der Waals surface area (Å²) in [5.74, 6) is 2.19. The summed E-state index contributed by atoms with van der Waals surface area (Å²) in [6.07, 6.45) is 2.58. The minimum Gasteiger partial charge on any atom is -0.493 e. The highest BCUT2D eigenvalue weighted by atomic mass is 32.1. The zero-order chi connectivity index (χ0) is 17.8. The van der Waals surface area contributed by atoms with Crippen molar-refractivity contribution in [2.75, 3.05) is 6.61 Å². The van der Waals surface area contributed by atoms with E-state index in [-0.39, 0.29) is 0 Å². The molecule has 2 aromatic carbocycles. The Balaban J connectivity index is 2.00. The largest absolute Gasteiger partial charge is 0.493 e. The number of rotatable bonds is 6. The summed E-state index contributed by atoms with van der Waals surface area (Å²) in [4.78, 5) is 0. The summed E-state index contributed by atoms with van der Waals surface area (Å²) < 4.78 is 8.12. The Bertz CT molecular complexity index is 955. The van der Waals surface area contributed by atoms with E-state index in [1.54, 1.807) is 4.68 Å². The predicted octanol–water partition coefficient (Wildman–Crippen LogP) is 4.57. The fourth-order valence-corrected chi connectivity index (χ4v) is 2.78. The molecule has 6 heteroatoms. The second-order valence-electron chi connectivity index (χ2n) is 6.26. The van der Waals surface area contributed by atoms with Crippen LogP contribution in [-0.2, 0) is 6.42 Å². The summed E-state index contributed by atoms with van der Waals surface area (Å²) in [7, 11) is 0. The zero-order valence-electron chi connectivity index (χ0n) is 14.7. The van der Waals surface area contributed by atoms with Gasteiger partial charge in [-0.2, -0.15) is 14.9 Å². The third-order valence-corrected chi connectivity index (χ3v) is 4.10. The van der Waals surface area contributed by atoms with Crippen molar-refractivity contribution in [2.24, 2.45) is 11.0 Å². The maximum atomic E-state index is 5.96. The van der Waals surface area contributed by atoms with Gasteiger partial charge in [-0.1, -0.05) is 45.0 Å². The number of ether oxygens (including phenoxy) is 1. The number of benzene rings is 2. The lowest BCUT2D eigenvalue weighted by Crippen LogP contribution is -2.05. The van der Waals surface area contributed by atoms with Crippen molar-refractivity contribution in [2.45, 2.75) is 27.2 Å². The molecule has 130 valence electrons. The molecule has 0 unspecified atom stereocenters. The molecule has 1 N–H and O–H groups in total. The summed E-state index contributed by atoms with van der Waals surface area (Å²) in [5.41, 5.74) is 1.01. The number of nitrogens with zero attached hydrogens (tertiary/aromatic N) is 3. The topological polar surface area (TPSA) is 55.2 Å². The second kappa shape index (κ2) is 7.61. The van der Waals surface area contributed by atoms with E-state index in [0.717, 1.165) is 34.3 Å². The minimum atomic E-state index is 0.482. The molecule has 3 aromatic rings. The van der Waals surface area contributed by atoms with Crippen molar-refractivity contribution in [3.8, 4) is 5.75 Å². The first kappa shape index (κ1) is 17.4. The van der Waals surface area contributed by atoms with E-state index < -0.39 is 0 Å². The van der Waals surface area contributed by atoms with Crippen LogP contribution in [-0.4, -0.2) is 27.7 Å². The molecule has 0 spiro atoms. The molecule has 0 saturated carbocycles. The Hall–Kier alpha value is -2.47. The lowest BCUT2D eigenvalue weighted by atomic mass is 10.0. The maximum absolute atomic E-state index is 5.96. The van der Waals surface area contributed by atoms with Crippen LogP contribution in [0.15, 0.2) is 41.5 Å². The highest BCUT2D eigenvalue weighted by Gasteiger charge is 2.07. The Morgan fingerprint density at radius 3 is 2.72 bits per heavy atom. The number of H-pyrrole nitrogens is 1. The lowest BCUT2D eigenvalue weighted by Gasteiger charge is -2.12. The van der Waals surface area contributed by atoms with Gasteiger partial charge in [-0.15, -0.1) is 0 Å². The molecule has 0 aliphatic heterocycles. The van der Waals surface area contributed by atoms with Crippen LogP contribution in [0.25, 0.3) is 10.8 Å². The van der Waals surface area contributed by atoms with E-state index in [1.807, 2.05) is 37.4 Å². The first-order chi connectivity index (χ1) is 12.1. The van der Waals surface area contributed by atoms with Crippen molar-refractivity contribution in [1.82, 2.24) is 14.9 Å². The molecule has 0 saturated heterocycles. The van der Waals surface area contributed by atoms with Crippen LogP contribution >= 0.6 is 12.2 Å². The van der Waals surface area contributed by atoms with Crippen molar-refractivity contribution in [3.05, 3.63) is 52.6 Å². The molecule has 3 rings (SSSR count). The number of aromatic amines is 1. The Morgan fingerprint density at radius 1 is 1.24 bits per heavy atom. The molecule has 5 nitrogen and oxygen atoms in total. The number of fused-ring (bicyclic) bond motifs is 1. The van der Waals surface area contributed by atoms with E-state index in [9.17, 15) is 0 Å². The van der Waals surface area contributed by atoms with Crippen LogP contribution in [0.5, 0.6) is 5.75 Å². The van der Waals surface area contributed by atoms with Crippen LogP contribution in [0, 0.1) is 10.7 Å². The van der Waals surface area contributed by atoms with Gasteiger partial charge in [0.05, 0.1) is 12.8 Å². The molecule has 0 amide bonds. The van der Waals surface area contributed by atoms with Gasteiger partial charge in [-0.25, -0.2) is 0 Å². The molecule has 0 fully saturated rings. The summed E-state index contributed by atoms with van der Waals surface area (Å²) in [6, 6.07) is 12.2. The van der Waals surface area contributed by atoms with Gasteiger partial charge in [0.25, 0.3) is 0 Å². The van der Waals surface area contributed by atoms with Gasteiger partial charge in [-0.05, 0) is 35.7 Å². The van der Waals surface area contributed by atoms with Crippen LogP contribution in [0.1, 0.15) is 32.2 Å². The van der Waals surface area contributed by atoms with E-state index in [0.29, 0.717) is 17.3 Å². The van der Waals surface area contributed by atoms with Gasteiger partial charge < -0.3 is 4.74 Å². The fourth-order valence-electron chi connectivity index (χ4n) is 2.58. The third kappa shape index (κ3) is 3.79. The molecule has 0 atom stereocenters. The van der Waals surface area contributed by atoms with E-state index in [1.165, 1.54) is 0 Å². The highest BCUT2D eigenvalue weighted by molar-refractivity contribution is 7.71. The number of aryl methyl sites for hydroxylation is 1. The quantitative estimate of drug-likeness (QED) is 0.521. The van der Waals surface area contributed by atoms with Gasteiger partial charge in [0.15, 0.2) is 5.82 Å². The van der Waals surface area contributed by atoms with Crippen LogP contribution < -0.4 is 4.74 Å². The molecule has 1 aromatic heterocycles. The summed E-state index contributed by atoms with van der Waals surface area (Å²) >= 11 is 5.24. The molecule has 0 radical (unpaired) electrons. The van der Waals surface area contributed by atoms with Crippen LogP contribution in [0.4, 0.5) is 0 Å². The highest BCUT2D eigenvalue weighted by Crippen LogP contribution is 2.28. The first-order valence-corrected chi connectivity index (χ1v) is 8.86. The van der Waals surface area contributed by atoms with Crippen LogP contribution in [0.2, 0.25) is 0 Å². The molecular formula is C19H22N4OS. The summed E-state index contributed by atoms with van der Waals surface area (Å²) in [5, 5.41) is 13.6.